The Hall–Kier alpha value is -2.28. The number of aromatic nitrogens is 4. The van der Waals surface area contributed by atoms with E-state index in [-0.39, 0.29) is 5.91 Å². The summed E-state index contributed by atoms with van der Waals surface area (Å²) in [4.78, 5) is 28.3. The van der Waals surface area contributed by atoms with Gasteiger partial charge in [-0.25, -0.2) is 15.0 Å². The van der Waals surface area contributed by atoms with Crippen molar-refractivity contribution in [2.24, 2.45) is 0 Å². The average molecular weight is 354 g/mol. The molecule has 2 aliphatic rings. The number of rotatable bonds is 4. The fraction of sp³-hybridized carbons (Fsp3) is 0.579. The molecule has 4 rings (SSSR count). The molecule has 7 heteroatoms. The quantitative estimate of drug-likeness (QED) is 0.895. The lowest BCUT2D eigenvalue weighted by molar-refractivity contribution is -0.132. The van der Waals surface area contributed by atoms with E-state index in [0.29, 0.717) is 19.0 Å². The highest BCUT2D eigenvalue weighted by atomic mass is 16.2. The minimum absolute atomic E-state index is 0.129. The van der Waals surface area contributed by atoms with Crippen LogP contribution in [0.25, 0.3) is 0 Å². The number of carbonyl (C=O) groups is 1. The van der Waals surface area contributed by atoms with E-state index in [1.165, 1.54) is 6.42 Å². The zero-order valence-corrected chi connectivity index (χ0v) is 15.3. The first-order valence-electron chi connectivity index (χ1n) is 9.57. The third kappa shape index (κ3) is 3.49. The van der Waals surface area contributed by atoms with Crippen LogP contribution in [0, 0.1) is 0 Å². The average Bonchev–Trinajstić information content (AvgIpc) is 3.15. The number of hydrogen-bond acceptors (Lipinski definition) is 5. The minimum Gasteiger partial charge on any atom is -0.336 e. The predicted molar refractivity (Wildman–Crippen MR) is 97.6 cm³/mol. The first kappa shape index (κ1) is 17.1. The Morgan fingerprint density at radius 1 is 1.38 bits per heavy atom. The molecule has 4 heterocycles. The molecular formula is C19H26N6O. The molecule has 26 heavy (non-hydrogen) atoms. The van der Waals surface area contributed by atoms with E-state index < -0.39 is 0 Å². The lowest BCUT2D eigenvalue weighted by Gasteiger charge is -2.29. The number of aryl methyl sites for hydroxylation is 1. The minimum atomic E-state index is 0.129. The Balaban J connectivity index is 1.43. The third-order valence-electron chi connectivity index (χ3n) is 5.39. The topological polar surface area (TPSA) is 75.9 Å². The molecule has 0 spiro atoms. The number of fused-ring (bicyclic) bond motifs is 1. The van der Waals surface area contributed by atoms with Gasteiger partial charge in [-0.15, -0.1) is 0 Å². The molecule has 1 fully saturated rings. The van der Waals surface area contributed by atoms with Gasteiger partial charge in [0, 0.05) is 62.5 Å². The van der Waals surface area contributed by atoms with Gasteiger partial charge in [-0.05, 0) is 19.4 Å². The second kappa shape index (κ2) is 7.53. The van der Waals surface area contributed by atoms with Gasteiger partial charge in [-0.2, -0.15) is 0 Å². The number of carbonyl (C=O) groups excluding carboxylic acids is 1. The molecule has 0 radical (unpaired) electrons. The third-order valence-corrected chi connectivity index (χ3v) is 5.39. The first-order chi connectivity index (χ1) is 12.7. The molecule has 2 aromatic rings. The summed E-state index contributed by atoms with van der Waals surface area (Å²) in [6.45, 7) is 5.79. The Bertz CT molecular complexity index is 780. The van der Waals surface area contributed by atoms with Crippen molar-refractivity contribution in [2.75, 3.05) is 19.6 Å². The van der Waals surface area contributed by atoms with Crippen molar-refractivity contribution in [3.05, 3.63) is 41.5 Å². The summed E-state index contributed by atoms with van der Waals surface area (Å²) in [5.74, 6) is 2.46. The van der Waals surface area contributed by atoms with Gasteiger partial charge in [-0.3, -0.25) is 4.79 Å². The highest BCUT2D eigenvalue weighted by Crippen LogP contribution is 2.23. The van der Waals surface area contributed by atoms with E-state index in [1.807, 2.05) is 21.9 Å². The van der Waals surface area contributed by atoms with Crippen LogP contribution >= 0.6 is 0 Å². The maximum Gasteiger partial charge on any atom is 0.242 e. The second-order valence-corrected chi connectivity index (χ2v) is 7.13. The molecule has 7 nitrogen and oxygen atoms in total. The van der Waals surface area contributed by atoms with Gasteiger partial charge in [0.1, 0.15) is 18.2 Å². The zero-order chi connectivity index (χ0) is 17.9. The monoisotopic (exact) mass is 354 g/mol. The molecule has 0 saturated carbocycles. The molecule has 1 atom stereocenters. The molecule has 2 aromatic heterocycles. The van der Waals surface area contributed by atoms with E-state index in [4.69, 9.17) is 4.98 Å². The number of imidazole rings is 1. The normalized spacial score (nSPS) is 20.0. The summed E-state index contributed by atoms with van der Waals surface area (Å²) in [6, 6.07) is 0. The molecule has 1 saturated heterocycles. The lowest BCUT2D eigenvalue weighted by atomic mass is 9.98. The predicted octanol–water partition coefficient (Wildman–Crippen LogP) is 1.29. The fourth-order valence-electron chi connectivity index (χ4n) is 3.86. The van der Waals surface area contributed by atoms with Crippen LogP contribution in [0.5, 0.6) is 0 Å². The Labute approximate surface area is 153 Å². The van der Waals surface area contributed by atoms with E-state index in [0.717, 1.165) is 61.8 Å². The number of piperidine rings is 1. The summed E-state index contributed by atoms with van der Waals surface area (Å²) >= 11 is 0. The number of amides is 1. The van der Waals surface area contributed by atoms with Crippen molar-refractivity contribution in [2.45, 2.75) is 51.6 Å². The number of nitrogens with one attached hydrogen (secondary N) is 1. The summed E-state index contributed by atoms with van der Waals surface area (Å²) in [5, 5.41) is 3.43. The van der Waals surface area contributed by atoms with E-state index in [9.17, 15) is 4.79 Å². The summed E-state index contributed by atoms with van der Waals surface area (Å²) in [7, 11) is 0. The van der Waals surface area contributed by atoms with Gasteiger partial charge >= 0.3 is 0 Å². The molecule has 2 aliphatic heterocycles. The van der Waals surface area contributed by atoms with Gasteiger partial charge < -0.3 is 14.8 Å². The van der Waals surface area contributed by atoms with Crippen molar-refractivity contribution in [3.8, 4) is 0 Å². The Kier molecular flexibility index (Phi) is 4.97. The first-order valence-corrected chi connectivity index (χ1v) is 9.57. The van der Waals surface area contributed by atoms with Gasteiger partial charge in [0.2, 0.25) is 5.91 Å². The van der Waals surface area contributed by atoms with Crippen LogP contribution in [0.2, 0.25) is 0 Å². The smallest absolute Gasteiger partial charge is 0.242 e. The van der Waals surface area contributed by atoms with Crippen LogP contribution < -0.4 is 5.32 Å². The van der Waals surface area contributed by atoms with Gasteiger partial charge in [0.25, 0.3) is 0 Å². The molecule has 1 unspecified atom stereocenters. The van der Waals surface area contributed by atoms with Gasteiger partial charge in [0.05, 0.1) is 5.69 Å². The highest BCUT2D eigenvalue weighted by Gasteiger charge is 2.25. The lowest BCUT2D eigenvalue weighted by Crippen LogP contribution is -2.39. The Morgan fingerprint density at radius 3 is 3.12 bits per heavy atom. The molecule has 1 amide bonds. The standard InChI is InChI=1S/C19H26N6O/c1-2-17-21-7-9-24(17)13-18(26)25-8-5-16-15(12-25)11-22-19(23-16)14-4-3-6-20-10-14/h7,9,11,14,20H,2-6,8,10,12-13H2,1H3. The highest BCUT2D eigenvalue weighted by molar-refractivity contribution is 5.76. The van der Waals surface area contributed by atoms with Crippen molar-refractivity contribution < 1.29 is 4.79 Å². The van der Waals surface area contributed by atoms with Crippen LogP contribution in [0.1, 0.15) is 48.6 Å². The molecular weight excluding hydrogens is 328 g/mol. The van der Waals surface area contributed by atoms with E-state index in [2.05, 4.69) is 22.2 Å². The van der Waals surface area contributed by atoms with Crippen molar-refractivity contribution in [3.63, 3.8) is 0 Å². The maximum atomic E-state index is 12.7. The number of hydrogen-bond donors (Lipinski definition) is 1. The maximum absolute atomic E-state index is 12.7. The van der Waals surface area contributed by atoms with Crippen molar-refractivity contribution in [1.29, 1.82) is 0 Å². The molecule has 0 aromatic carbocycles. The van der Waals surface area contributed by atoms with E-state index in [1.54, 1.807) is 6.20 Å². The van der Waals surface area contributed by atoms with Crippen LogP contribution in [-0.2, 0) is 30.7 Å². The van der Waals surface area contributed by atoms with Crippen molar-refractivity contribution >= 4 is 5.91 Å². The van der Waals surface area contributed by atoms with Crippen LogP contribution in [0.3, 0.4) is 0 Å². The van der Waals surface area contributed by atoms with Crippen LogP contribution in [-0.4, -0.2) is 50.0 Å². The van der Waals surface area contributed by atoms with Gasteiger partial charge in [0.15, 0.2) is 0 Å². The number of nitrogens with zero attached hydrogens (tertiary/aromatic N) is 5. The summed E-state index contributed by atoms with van der Waals surface area (Å²) in [5.41, 5.74) is 2.19. The summed E-state index contributed by atoms with van der Waals surface area (Å²) < 4.78 is 1.94. The molecule has 0 aliphatic carbocycles. The fourth-order valence-corrected chi connectivity index (χ4v) is 3.86. The molecule has 138 valence electrons. The molecule has 1 N–H and O–H groups in total. The second-order valence-electron chi connectivity index (χ2n) is 7.13. The van der Waals surface area contributed by atoms with Crippen LogP contribution in [0.4, 0.5) is 0 Å². The SMILES string of the molecule is CCc1nccn1CC(=O)N1CCc2nc(C3CCCNC3)ncc2C1. The van der Waals surface area contributed by atoms with Gasteiger partial charge in [-0.1, -0.05) is 6.92 Å². The zero-order valence-electron chi connectivity index (χ0n) is 15.3. The largest absolute Gasteiger partial charge is 0.336 e. The summed E-state index contributed by atoms with van der Waals surface area (Å²) in [6.07, 6.45) is 9.54. The van der Waals surface area contributed by atoms with Crippen molar-refractivity contribution in [1.82, 2.24) is 29.7 Å². The van der Waals surface area contributed by atoms with Crippen LogP contribution in [0.15, 0.2) is 18.6 Å². The molecule has 0 bridgehead atoms. The Morgan fingerprint density at radius 2 is 2.31 bits per heavy atom. The van der Waals surface area contributed by atoms with E-state index >= 15 is 0 Å².